The molecule has 1 N–H and O–H groups in total. The number of nitrogens with zero attached hydrogens (tertiary/aromatic N) is 3. The van der Waals surface area contributed by atoms with Crippen LogP contribution < -0.4 is 0 Å². The Hall–Kier alpha value is -1.54. The normalized spacial score (nSPS) is 12.6. The van der Waals surface area contributed by atoms with Gasteiger partial charge < -0.3 is 0 Å². The van der Waals surface area contributed by atoms with E-state index in [-0.39, 0.29) is 6.54 Å². The first-order valence-corrected chi connectivity index (χ1v) is 8.28. The number of nitrogens with one attached hydrogen (secondary N) is 1. The van der Waals surface area contributed by atoms with Crippen LogP contribution in [0.25, 0.3) is 11.5 Å². The molecule has 0 unspecified atom stereocenters. The predicted molar refractivity (Wildman–Crippen MR) is 79.6 cm³/mol. The number of H-pyrrole nitrogens is 1. The van der Waals surface area contributed by atoms with Gasteiger partial charge in [-0.3, -0.25) is 14.6 Å². The Kier molecular flexibility index (Phi) is 3.79. The lowest BCUT2D eigenvalue weighted by atomic mass is 10.2. The van der Waals surface area contributed by atoms with Gasteiger partial charge in [-0.25, -0.2) is 8.42 Å². The molecule has 108 valence electrons. The number of hydrogen-bond donors (Lipinski definition) is 1. The molecule has 2 rings (SSSR count). The van der Waals surface area contributed by atoms with Gasteiger partial charge in [0.25, 0.3) is 0 Å². The highest BCUT2D eigenvalue weighted by molar-refractivity contribution is 7.92. The number of aromatic amines is 1. The van der Waals surface area contributed by atoms with Crippen molar-refractivity contribution in [3.63, 3.8) is 0 Å². The summed E-state index contributed by atoms with van der Waals surface area (Å²) in [6.45, 7) is 3.55. The van der Waals surface area contributed by atoms with Crippen molar-refractivity contribution in [1.29, 1.82) is 0 Å². The van der Waals surface area contributed by atoms with E-state index in [9.17, 15) is 8.42 Å². The first kappa shape index (κ1) is 14.9. The van der Waals surface area contributed by atoms with Crippen LogP contribution in [0.15, 0.2) is 24.4 Å². The van der Waals surface area contributed by atoms with E-state index in [2.05, 4.69) is 15.2 Å². The Labute approximate surface area is 122 Å². The summed E-state index contributed by atoms with van der Waals surface area (Å²) in [5, 5.41) is 6.83. The SMILES string of the molecule is CC(C)(Cn1c(-c2ccccn2)n[nH]c1=S)S(C)(=O)=O. The Bertz CT molecular complexity index is 760. The second kappa shape index (κ2) is 5.10. The van der Waals surface area contributed by atoms with Gasteiger partial charge in [-0.15, -0.1) is 0 Å². The molecule has 8 heteroatoms. The molecule has 0 aliphatic carbocycles. The number of sulfone groups is 1. The van der Waals surface area contributed by atoms with Crippen LogP contribution >= 0.6 is 12.2 Å². The van der Waals surface area contributed by atoms with Crippen LogP contribution in [0.2, 0.25) is 0 Å². The van der Waals surface area contributed by atoms with Crippen LogP contribution in [0.3, 0.4) is 0 Å². The quantitative estimate of drug-likeness (QED) is 0.871. The van der Waals surface area contributed by atoms with E-state index in [1.54, 1.807) is 36.7 Å². The summed E-state index contributed by atoms with van der Waals surface area (Å²) in [5.74, 6) is 0.535. The molecule has 0 radical (unpaired) electrons. The fourth-order valence-electron chi connectivity index (χ4n) is 1.65. The van der Waals surface area contributed by atoms with Crippen molar-refractivity contribution in [1.82, 2.24) is 19.7 Å². The molecule has 6 nitrogen and oxygen atoms in total. The average Bonchev–Trinajstić information content (AvgIpc) is 2.70. The van der Waals surface area contributed by atoms with Crippen molar-refractivity contribution < 1.29 is 8.42 Å². The van der Waals surface area contributed by atoms with Crippen molar-refractivity contribution in [2.45, 2.75) is 25.1 Å². The van der Waals surface area contributed by atoms with E-state index in [1.165, 1.54) is 6.26 Å². The second-order valence-corrected chi connectivity index (χ2v) is 8.22. The monoisotopic (exact) mass is 312 g/mol. The second-order valence-electron chi connectivity index (χ2n) is 5.19. The standard InChI is InChI=1S/C12H16N4O2S2/c1-12(2,20(3,17)18)8-16-10(14-15-11(16)19)9-6-4-5-7-13-9/h4-7H,8H2,1-3H3,(H,15,19). The molecule has 2 aromatic rings. The molecule has 2 heterocycles. The van der Waals surface area contributed by atoms with Crippen LogP contribution in [0.4, 0.5) is 0 Å². The minimum absolute atomic E-state index is 0.215. The lowest BCUT2D eigenvalue weighted by Gasteiger charge is -2.23. The van der Waals surface area contributed by atoms with Gasteiger partial charge in [0.15, 0.2) is 20.4 Å². The van der Waals surface area contributed by atoms with Crippen molar-refractivity contribution >= 4 is 22.1 Å². The van der Waals surface area contributed by atoms with Crippen molar-refractivity contribution in [2.75, 3.05) is 6.26 Å². The first-order valence-electron chi connectivity index (χ1n) is 5.98. The lowest BCUT2D eigenvalue weighted by Crippen LogP contribution is -2.36. The molecule has 20 heavy (non-hydrogen) atoms. The van der Waals surface area contributed by atoms with Crippen molar-refractivity contribution in [3.05, 3.63) is 29.2 Å². The maximum absolute atomic E-state index is 11.8. The fourth-order valence-corrected chi connectivity index (χ4v) is 2.21. The third-order valence-electron chi connectivity index (χ3n) is 3.19. The molecule has 0 saturated carbocycles. The van der Waals surface area contributed by atoms with Crippen molar-refractivity contribution in [3.8, 4) is 11.5 Å². The molecule has 0 amide bonds. The zero-order valence-corrected chi connectivity index (χ0v) is 13.1. The zero-order valence-electron chi connectivity index (χ0n) is 11.5. The summed E-state index contributed by atoms with van der Waals surface area (Å²) in [6, 6.07) is 5.44. The Morgan fingerprint density at radius 3 is 2.65 bits per heavy atom. The van der Waals surface area contributed by atoms with Gasteiger partial charge in [0.1, 0.15) is 5.69 Å². The Balaban J connectivity index is 2.50. The zero-order chi connectivity index (χ0) is 15.0. The maximum Gasteiger partial charge on any atom is 0.195 e. The van der Waals surface area contributed by atoms with Gasteiger partial charge in [0, 0.05) is 19.0 Å². The van der Waals surface area contributed by atoms with E-state index >= 15 is 0 Å². The Morgan fingerprint density at radius 1 is 1.40 bits per heavy atom. The van der Waals surface area contributed by atoms with Crippen LogP contribution in [-0.2, 0) is 16.4 Å². The number of hydrogen-bond acceptors (Lipinski definition) is 5. The highest BCUT2D eigenvalue weighted by atomic mass is 32.2. The molecule has 0 atom stereocenters. The molecule has 2 aromatic heterocycles. The van der Waals surface area contributed by atoms with Gasteiger partial charge in [-0.2, -0.15) is 5.10 Å². The van der Waals surface area contributed by atoms with E-state index in [1.807, 2.05) is 6.07 Å². The summed E-state index contributed by atoms with van der Waals surface area (Å²) in [6.07, 6.45) is 2.87. The predicted octanol–water partition coefficient (Wildman–Crippen LogP) is 1.83. The van der Waals surface area contributed by atoms with Crippen LogP contribution in [-0.4, -0.2) is 39.2 Å². The van der Waals surface area contributed by atoms with Gasteiger partial charge in [-0.1, -0.05) is 6.07 Å². The van der Waals surface area contributed by atoms with Gasteiger partial charge in [0.2, 0.25) is 0 Å². The third-order valence-corrected chi connectivity index (χ3v) is 5.64. The summed E-state index contributed by atoms with van der Waals surface area (Å²) < 4.78 is 24.8. The molecule has 0 spiro atoms. The maximum atomic E-state index is 11.8. The van der Waals surface area contributed by atoms with Gasteiger partial charge in [0.05, 0.1) is 4.75 Å². The van der Waals surface area contributed by atoms with E-state index in [0.717, 1.165) is 0 Å². The van der Waals surface area contributed by atoms with E-state index < -0.39 is 14.6 Å². The largest absolute Gasteiger partial charge is 0.297 e. The molecule has 0 aliphatic rings. The number of aromatic nitrogens is 4. The molecule has 0 fully saturated rings. The molecule has 0 saturated heterocycles. The molecule has 0 bridgehead atoms. The molecular formula is C12H16N4O2S2. The molecule has 0 aromatic carbocycles. The van der Waals surface area contributed by atoms with E-state index in [4.69, 9.17) is 12.2 Å². The summed E-state index contributed by atoms with van der Waals surface area (Å²) in [4.78, 5) is 4.22. The minimum atomic E-state index is -3.22. The van der Waals surface area contributed by atoms with Crippen molar-refractivity contribution in [2.24, 2.45) is 0 Å². The number of rotatable bonds is 4. The summed E-state index contributed by atoms with van der Waals surface area (Å²) in [7, 11) is -3.22. The fraction of sp³-hybridized carbons (Fsp3) is 0.417. The molecule has 0 aliphatic heterocycles. The summed E-state index contributed by atoms with van der Waals surface area (Å²) >= 11 is 5.19. The topological polar surface area (TPSA) is 80.6 Å². The highest BCUT2D eigenvalue weighted by Crippen LogP contribution is 2.22. The minimum Gasteiger partial charge on any atom is -0.297 e. The Morgan fingerprint density at radius 2 is 2.10 bits per heavy atom. The summed E-state index contributed by atoms with van der Waals surface area (Å²) in [5.41, 5.74) is 0.643. The smallest absolute Gasteiger partial charge is 0.195 e. The first-order chi connectivity index (χ1) is 9.22. The molecular weight excluding hydrogens is 296 g/mol. The number of pyridine rings is 1. The van der Waals surface area contributed by atoms with Gasteiger partial charge >= 0.3 is 0 Å². The van der Waals surface area contributed by atoms with Crippen LogP contribution in [0, 0.1) is 4.77 Å². The van der Waals surface area contributed by atoms with Crippen LogP contribution in [0.5, 0.6) is 0 Å². The highest BCUT2D eigenvalue weighted by Gasteiger charge is 2.32. The van der Waals surface area contributed by atoms with E-state index in [0.29, 0.717) is 16.3 Å². The average molecular weight is 312 g/mol. The lowest BCUT2D eigenvalue weighted by molar-refractivity contribution is 0.502. The van der Waals surface area contributed by atoms with Crippen LogP contribution in [0.1, 0.15) is 13.8 Å². The third kappa shape index (κ3) is 2.80. The van der Waals surface area contributed by atoms with Gasteiger partial charge in [-0.05, 0) is 38.2 Å².